The van der Waals surface area contributed by atoms with Crippen LogP contribution in [0.3, 0.4) is 0 Å². The van der Waals surface area contributed by atoms with Crippen LogP contribution in [0.15, 0.2) is 60.0 Å². The SMILES string of the molecule is CCNC(=O)NC(=O)C(OC(=O)c1csc(-c2ccc(C)cc2)n1)c1ccccc1. The number of carbonyl (C=O) groups is 3. The number of ether oxygens (including phenoxy) is 1. The maximum atomic E-state index is 12.7. The van der Waals surface area contributed by atoms with Crippen molar-refractivity contribution in [1.82, 2.24) is 15.6 Å². The first-order valence-electron chi connectivity index (χ1n) is 9.35. The van der Waals surface area contributed by atoms with Gasteiger partial charge in [0.1, 0.15) is 5.01 Å². The number of esters is 1. The molecule has 0 aliphatic heterocycles. The highest BCUT2D eigenvalue weighted by Gasteiger charge is 2.28. The van der Waals surface area contributed by atoms with Gasteiger partial charge in [0.05, 0.1) is 0 Å². The molecular weight excluding hydrogens is 402 g/mol. The van der Waals surface area contributed by atoms with Gasteiger partial charge in [0.2, 0.25) is 6.10 Å². The summed E-state index contributed by atoms with van der Waals surface area (Å²) in [7, 11) is 0. The van der Waals surface area contributed by atoms with Gasteiger partial charge in [-0.1, -0.05) is 60.2 Å². The molecule has 0 spiro atoms. The van der Waals surface area contributed by atoms with Crippen LogP contribution in [0.4, 0.5) is 4.79 Å². The van der Waals surface area contributed by atoms with Crippen LogP contribution in [0.1, 0.15) is 34.6 Å². The van der Waals surface area contributed by atoms with Gasteiger partial charge in [-0.15, -0.1) is 11.3 Å². The predicted octanol–water partition coefficient (Wildman–Crippen LogP) is 3.86. The fraction of sp³-hybridized carbons (Fsp3) is 0.182. The fourth-order valence-electron chi connectivity index (χ4n) is 2.65. The number of carbonyl (C=O) groups excluding carboxylic acids is 3. The summed E-state index contributed by atoms with van der Waals surface area (Å²) in [6.45, 7) is 4.08. The standard InChI is InChI=1S/C22H21N3O4S/c1-3-23-22(28)25-19(26)18(15-7-5-4-6-8-15)29-21(27)17-13-30-20(24-17)16-11-9-14(2)10-12-16/h4-13,18H,3H2,1-2H3,(H2,23,25,26,28). The van der Waals surface area contributed by atoms with E-state index in [0.717, 1.165) is 11.1 Å². The third-order valence-corrected chi connectivity index (χ3v) is 5.04. The van der Waals surface area contributed by atoms with Crippen molar-refractivity contribution >= 4 is 29.2 Å². The molecule has 0 radical (unpaired) electrons. The van der Waals surface area contributed by atoms with Gasteiger partial charge in [-0.3, -0.25) is 10.1 Å². The van der Waals surface area contributed by atoms with Gasteiger partial charge in [-0.25, -0.2) is 14.6 Å². The first-order valence-corrected chi connectivity index (χ1v) is 10.2. The van der Waals surface area contributed by atoms with Crippen LogP contribution in [-0.2, 0) is 9.53 Å². The number of aromatic nitrogens is 1. The first kappa shape index (κ1) is 21.2. The third-order valence-electron chi connectivity index (χ3n) is 4.15. The lowest BCUT2D eigenvalue weighted by atomic mass is 10.1. The Hall–Kier alpha value is -3.52. The van der Waals surface area contributed by atoms with Gasteiger partial charge < -0.3 is 10.1 Å². The van der Waals surface area contributed by atoms with Crippen LogP contribution in [0.5, 0.6) is 0 Å². The quantitative estimate of drug-likeness (QED) is 0.587. The van der Waals surface area contributed by atoms with E-state index in [0.29, 0.717) is 17.1 Å². The zero-order chi connectivity index (χ0) is 21.5. The van der Waals surface area contributed by atoms with Crippen molar-refractivity contribution in [2.24, 2.45) is 0 Å². The largest absolute Gasteiger partial charge is 0.443 e. The number of rotatable bonds is 6. The lowest BCUT2D eigenvalue weighted by molar-refractivity contribution is -0.129. The molecule has 2 aromatic carbocycles. The zero-order valence-corrected chi connectivity index (χ0v) is 17.4. The van der Waals surface area contributed by atoms with E-state index in [1.165, 1.54) is 11.3 Å². The molecule has 0 aliphatic carbocycles. The molecule has 8 heteroatoms. The molecule has 3 aromatic rings. The van der Waals surface area contributed by atoms with Gasteiger partial charge >= 0.3 is 12.0 Å². The monoisotopic (exact) mass is 423 g/mol. The molecule has 1 unspecified atom stereocenters. The molecule has 154 valence electrons. The lowest BCUT2D eigenvalue weighted by Crippen LogP contribution is -2.42. The average Bonchev–Trinajstić information content (AvgIpc) is 3.23. The summed E-state index contributed by atoms with van der Waals surface area (Å²) in [6.07, 6.45) is -1.29. The summed E-state index contributed by atoms with van der Waals surface area (Å²) < 4.78 is 5.44. The number of aryl methyl sites for hydroxylation is 1. The Bertz CT molecular complexity index is 1030. The molecular formula is C22H21N3O4S. The van der Waals surface area contributed by atoms with Crippen LogP contribution in [-0.4, -0.2) is 29.4 Å². The van der Waals surface area contributed by atoms with Crippen molar-refractivity contribution in [3.8, 4) is 10.6 Å². The van der Waals surface area contributed by atoms with Crippen LogP contribution in [0.25, 0.3) is 10.6 Å². The average molecular weight is 423 g/mol. The molecule has 1 atom stereocenters. The second kappa shape index (κ2) is 9.80. The van der Waals surface area contributed by atoms with Crippen LogP contribution < -0.4 is 10.6 Å². The Morgan fingerprint density at radius 2 is 1.77 bits per heavy atom. The number of imide groups is 1. The van der Waals surface area contributed by atoms with E-state index in [2.05, 4.69) is 15.6 Å². The highest BCUT2D eigenvalue weighted by atomic mass is 32.1. The number of nitrogens with zero attached hydrogens (tertiary/aromatic N) is 1. The Kier molecular flexibility index (Phi) is 6.92. The highest BCUT2D eigenvalue weighted by Crippen LogP contribution is 2.26. The normalized spacial score (nSPS) is 11.4. The molecule has 1 heterocycles. The second-order valence-electron chi connectivity index (χ2n) is 6.45. The predicted molar refractivity (Wildman–Crippen MR) is 114 cm³/mol. The van der Waals surface area contributed by atoms with Gasteiger partial charge in [0, 0.05) is 23.1 Å². The molecule has 30 heavy (non-hydrogen) atoms. The van der Waals surface area contributed by atoms with Crippen molar-refractivity contribution in [1.29, 1.82) is 0 Å². The maximum Gasteiger partial charge on any atom is 0.358 e. The second-order valence-corrected chi connectivity index (χ2v) is 7.31. The minimum Gasteiger partial charge on any atom is -0.443 e. The number of benzene rings is 2. The topological polar surface area (TPSA) is 97.4 Å². The van der Waals surface area contributed by atoms with Gasteiger partial charge in [0.15, 0.2) is 5.69 Å². The molecule has 0 aliphatic rings. The molecule has 7 nitrogen and oxygen atoms in total. The summed E-state index contributed by atoms with van der Waals surface area (Å²) in [6, 6.07) is 15.6. The minimum absolute atomic E-state index is 0.0994. The van der Waals surface area contributed by atoms with Crippen molar-refractivity contribution < 1.29 is 19.1 Å². The number of hydrogen-bond donors (Lipinski definition) is 2. The Labute approximate surface area is 178 Å². The molecule has 0 saturated heterocycles. The smallest absolute Gasteiger partial charge is 0.358 e. The van der Waals surface area contributed by atoms with E-state index in [4.69, 9.17) is 4.74 Å². The molecule has 1 aromatic heterocycles. The summed E-state index contributed by atoms with van der Waals surface area (Å²) >= 11 is 1.31. The Morgan fingerprint density at radius 1 is 1.07 bits per heavy atom. The van der Waals surface area contributed by atoms with Gasteiger partial charge in [0.25, 0.3) is 5.91 Å². The molecule has 3 rings (SSSR count). The maximum absolute atomic E-state index is 12.7. The third kappa shape index (κ3) is 5.30. The molecule has 0 bridgehead atoms. The fourth-order valence-corrected chi connectivity index (χ4v) is 3.44. The van der Waals surface area contributed by atoms with Crippen molar-refractivity contribution in [3.63, 3.8) is 0 Å². The number of thiazole rings is 1. The number of amides is 3. The molecule has 2 N–H and O–H groups in total. The van der Waals surface area contributed by atoms with E-state index < -0.39 is 24.0 Å². The Morgan fingerprint density at radius 3 is 2.43 bits per heavy atom. The summed E-state index contributed by atoms with van der Waals surface area (Å²) in [5, 5.41) is 6.92. The summed E-state index contributed by atoms with van der Waals surface area (Å²) in [5.41, 5.74) is 2.56. The van der Waals surface area contributed by atoms with Gasteiger partial charge in [-0.05, 0) is 13.8 Å². The molecule has 0 saturated carbocycles. The summed E-state index contributed by atoms with van der Waals surface area (Å²) in [5.74, 6) is -1.49. The molecule has 3 amide bonds. The number of urea groups is 1. The number of hydrogen-bond acceptors (Lipinski definition) is 6. The van der Waals surface area contributed by atoms with Crippen LogP contribution in [0.2, 0.25) is 0 Å². The van der Waals surface area contributed by atoms with Gasteiger partial charge in [-0.2, -0.15) is 0 Å². The van der Waals surface area contributed by atoms with E-state index in [-0.39, 0.29) is 5.69 Å². The van der Waals surface area contributed by atoms with Crippen LogP contribution >= 0.6 is 11.3 Å². The Balaban J connectivity index is 1.78. The molecule has 0 fully saturated rings. The first-order chi connectivity index (χ1) is 14.5. The highest BCUT2D eigenvalue weighted by molar-refractivity contribution is 7.13. The van der Waals surface area contributed by atoms with E-state index >= 15 is 0 Å². The van der Waals surface area contributed by atoms with Crippen molar-refractivity contribution in [2.75, 3.05) is 6.54 Å². The van der Waals surface area contributed by atoms with E-state index in [1.807, 2.05) is 31.2 Å². The number of nitrogens with one attached hydrogen (secondary N) is 2. The van der Waals surface area contributed by atoms with E-state index in [1.54, 1.807) is 42.6 Å². The van der Waals surface area contributed by atoms with Crippen molar-refractivity contribution in [2.45, 2.75) is 20.0 Å². The van der Waals surface area contributed by atoms with Crippen molar-refractivity contribution in [3.05, 3.63) is 76.8 Å². The lowest BCUT2D eigenvalue weighted by Gasteiger charge is -2.17. The van der Waals surface area contributed by atoms with Crippen LogP contribution in [0, 0.1) is 6.92 Å². The summed E-state index contributed by atoms with van der Waals surface area (Å²) in [4.78, 5) is 41.3. The zero-order valence-electron chi connectivity index (χ0n) is 16.5. The van der Waals surface area contributed by atoms with E-state index in [9.17, 15) is 14.4 Å². The minimum atomic E-state index is -1.29.